The van der Waals surface area contributed by atoms with Gasteiger partial charge in [-0.05, 0) is 36.4 Å². The third-order valence-electron chi connectivity index (χ3n) is 6.96. The van der Waals surface area contributed by atoms with Gasteiger partial charge in [0.1, 0.15) is 18.2 Å². The molecule has 0 aromatic carbocycles. The first-order valence-electron chi connectivity index (χ1n) is 11.9. The highest BCUT2D eigenvalue weighted by molar-refractivity contribution is 5.95. The molecule has 0 aliphatic carbocycles. The smallest absolute Gasteiger partial charge is 0.244 e. The Morgan fingerprint density at radius 3 is 2.86 bits per heavy atom. The summed E-state index contributed by atoms with van der Waals surface area (Å²) in [6.45, 7) is 4.15. The minimum atomic E-state index is 0.0737. The van der Waals surface area contributed by atoms with Crippen molar-refractivity contribution in [1.82, 2.24) is 29.6 Å². The molecule has 1 amide bonds. The molecule has 184 valence electrons. The molecule has 6 heterocycles. The van der Waals surface area contributed by atoms with Crippen LogP contribution in [-0.2, 0) is 22.5 Å². The van der Waals surface area contributed by atoms with Crippen molar-refractivity contribution in [3.63, 3.8) is 0 Å². The van der Waals surface area contributed by atoms with E-state index in [1.165, 1.54) is 0 Å². The van der Waals surface area contributed by atoms with Gasteiger partial charge in [-0.1, -0.05) is 0 Å². The predicted octanol–water partition coefficient (Wildman–Crippen LogP) is 2.28. The predicted molar refractivity (Wildman–Crippen MR) is 136 cm³/mol. The second kappa shape index (κ2) is 8.76. The van der Waals surface area contributed by atoms with Crippen LogP contribution in [0.3, 0.4) is 0 Å². The molecule has 0 unspecified atom stereocenters. The Labute approximate surface area is 207 Å². The number of fused-ring (bicyclic) bond motifs is 2. The van der Waals surface area contributed by atoms with Crippen LogP contribution in [0.4, 0.5) is 23.1 Å². The van der Waals surface area contributed by atoms with Crippen LogP contribution in [-0.4, -0.2) is 61.3 Å². The highest BCUT2D eigenvalue weighted by Gasteiger charge is 2.30. The lowest BCUT2D eigenvalue weighted by Gasteiger charge is -2.26. The number of amides is 1. The van der Waals surface area contributed by atoms with Gasteiger partial charge in [-0.3, -0.25) is 14.5 Å². The van der Waals surface area contributed by atoms with E-state index < -0.39 is 0 Å². The van der Waals surface area contributed by atoms with Crippen molar-refractivity contribution in [2.24, 2.45) is 0 Å². The molecule has 6 rings (SSSR count). The summed E-state index contributed by atoms with van der Waals surface area (Å²) in [7, 11) is 0. The van der Waals surface area contributed by atoms with Crippen molar-refractivity contribution in [3.05, 3.63) is 48.0 Å². The lowest BCUT2D eigenvalue weighted by Crippen LogP contribution is -2.42. The summed E-state index contributed by atoms with van der Waals surface area (Å²) in [5, 5.41) is 9.53. The molecule has 4 aromatic rings. The molecule has 4 aromatic heterocycles. The third kappa shape index (κ3) is 3.97. The average molecular weight is 486 g/mol. The maximum Gasteiger partial charge on any atom is 0.244 e. The van der Waals surface area contributed by atoms with Crippen LogP contribution >= 0.6 is 0 Å². The number of nitrogens with zero attached hydrogens (tertiary/aromatic N) is 6. The first-order chi connectivity index (χ1) is 17.5. The second-order valence-corrected chi connectivity index (χ2v) is 9.24. The number of hydrogen-bond acceptors (Lipinski definition) is 9. The van der Waals surface area contributed by atoms with E-state index in [9.17, 15) is 4.79 Å². The lowest BCUT2D eigenvalue weighted by atomic mass is 10.0. The van der Waals surface area contributed by atoms with E-state index >= 15 is 0 Å². The second-order valence-electron chi connectivity index (χ2n) is 9.24. The van der Waals surface area contributed by atoms with Gasteiger partial charge in [0.2, 0.25) is 5.91 Å². The number of carbonyl (C=O) groups is 1. The van der Waals surface area contributed by atoms with Gasteiger partial charge in [0.25, 0.3) is 0 Å². The summed E-state index contributed by atoms with van der Waals surface area (Å²) in [4.78, 5) is 28.0. The Morgan fingerprint density at radius 2 is 2.03 bits per heavy atom. The third-order valence-corrected chi connectivity index (χ3v) is 6.96. The zero-order chi connectivity index (χ0) is 24.8. The highest BCUT2D eigenvalue weighted by Crippen LogP contribution is 2.31. The van der Waals surface area contributed by atoms with Crippen LogP contribution in [0.5, 0.6) is 0 Å². The van der Waals surface area contributed by atoms with Crippen LogP contribution in [0.25, 0.3) is 22.0 Å². The minimum absolute atomic E-state index is 0.0737. The van der Waals surface area contributed by atoms with Gasteiger partial charge in [-0.2, -0.15) is 5.10 Å². The molecule has 2 aliphatic rings. The first-order valence-corrected chi connectivity index (χ1v) is 11.9. The van der Waals surface area contributed by atoms with Gasteiger partial charge < -0.3 is 26.4 Å². The Morgan fingerprint density at radius 1 is 1.14 bits per heavy atom. The molecule has 5 N–H and O–H groups in total. The molecule has 11 heteroatoms. The van der Waals surface area contributed by atoms with E-state index in [1.54, 1.807) is 23.3 Å². The zero-order valence-corrected chi connectivity index (χ0v) is 19.9. The van der Waals surface area contributed by atoms with Crippen molar-refractivity contribution < 1.29 is 9.53 Å². The number of carbonyl (C=O) groups excluding carboxylic acids is 1. The number of rotatable bonds is 4. The van der Waals surface area contributed by atoms with Crippen molar-refractivity contribution in [3.8, 4) is 11.3 Å². The Kier molecular flexibility index (Phi) is 5.41. The number of anilines is 4. The molecule has 0 bridgehead atoms. The number of ether oxygens (including phenoxy) is 1. The topological polar surface area (TPSA) is 150 Å². The Hall–Kier alpha value is -4.25. The number of aromatic nitrogens is 5. The monoisotopic (exact) mass is 485 g/mol. The lowest BCUT2D eigenvalue weighted by molar-refractivity contribution is -0.133. The number of nitrogen functional groups attached to an aromatic ring is 2. The van der Waals surface area contributed by atoms with Gasteiger partial charge >= 0.3 is 0 Å². The van der Waals surface area contributed by atoms with E-state index in [0.717, 1.165) is 40.4 Å². The molecule has 1 saturated heterocycles. The largest absolute Gasteiger partial charge is 0.397 e. The van der Waals surface area contributed by atoms with E-state index in [2.05, 4.69) is 25.4 Å². The van der Waals surface area contributed by atoms with Crippen LogP contribution in [0.2, 0.25) is 0 Å². The average Bonchev–Trinajstić information content (AvgIpc) is 3.48. The van der Waals surface area contributed by atoms with Crippen LogP contribution < -0.4 is 16.8 Å². The molecular weight excluding hydrogens is 458 g/mol. The molecule has 0 spiro atoms. The molecule has 11 nitrogen and oxygen atoms in total. The van der Waals surface area contributed by atoms with Gasteiger partial charge in [-0.15, -0.1) is 0 Å². The quantitative estimate of drug-likeness (QED) is 0.395. The van der Waals surface area contributed by atoms with Gasteiger partial charge in [0.15, 0.2) is 5.82 Å². The SMILES string of the molecule is Cc1c(N)cncc1-c1cc2cc(Nc3cc4n(n3)CC(=O)N([C@@H]3CCOC3)CC4)ncc2c(N)n1. The maximum absolute atomic E-state index is 12.9. The van der Waals surface area contributed by atoms with Gasteiger partial charge in [-0.25, -0.2) is 9.97 Å². The molecule has 0 radical (unpaired) electrons. The molecule has 36 heavy (non-hydrogen) atoms. The normalized spacial score (nSPS) is 17.9. The summed E-state index contributed by atoms with van der Waals surface area (Å²) in [6.07, 6.45) is 6.68. The molecule has 1 atom stereocenters. The molecule has 2 aliphatic heterocycles. The fourth-order valence-electron chi connectivity index (χ4n) is 4.90. The van der Waals surface area contributed by atoms with Crippen molar-refractivity contribution in [1.29, 1.82) is 0 Å². The summed E-state index contributed by atoms with van der Waals surface area (Å²) in [6, 6.07) is 6.00. The number of pyridine rings is 3. The van der Waals surface area contributed by atoms with Gasteiger partial charge in [0, 0.05) is 54.7 Å². The maximum atomic E-state index is 12.9. The van der Waals surface area contributed by atoms with Gasteiger partial charge in [0.05, 0.1) is 30.2 Å². The Balaban J connectivity index is 1.26. The van der Waals surface area contributed by atoms with E-state index in [4.69, 9.17) is 16.2 Å². The molecule has 0 saturated carbocycles. The van der Waals surface area contributed by atoms with E-state index in [1.807, 2.05) is 30.0 Å². The van der Waals surface area contributed by atoms with E-state index in [0.29, 0.717) is 48.6 Å². The van der Waals surface area contributed by atoms with Crippen molar-refractivity contribution in [2.75, 3.05) is 36.5 Å². The Bertz CT molecular complexity index is 1480. The molecule has 1 fully saturated rings. The number of nitrogens with two attached hydrogens (primary N) is 2. The molecular formula is C25H27N9O2. The highest BCUT2D eigenvalue weighted by atomic mass is 16.5. The van der Waals surface area contributed by atoms with Crippen molar-refractivity contribution in [2.45, 2.75) is 32.4 Å². The zero-order valence-electron chi connectivity index (χ0n) is 19.9. The number of hydrogen-bond donors (Lipinski definition) is 3. The van der Waals surface area contributed by atoms with Crippen molar-refractivity contribution >= 4 is 39.8 Å². The summed E-state index contributed by atoms with van der Waals surface area (Å²) in [5.41, 5.74) is 16.3. The fraction of sp³-hybridized carbons (Fsp3) is 0.320. The van der Waals surface area contributed by atoms with Crippen LogP contribution in [0.1, 0.15) is 17.7 Å². The van der Waals surface area contributed by atoms with E-state index in [-0.39, 0.29) is 18.5 Å². The fourth-order valence-corrected chi connectivity index (χ4v) is 4.90. The summed E-state index contributed by atoms with van der Waals surface area (Å²) in [5.74, 6) is 1.71. The first kappa shape index (κ1) is 22.2. The minimum Gasteiger partial charge on any atom is -0.397 e. The summed E-state index contributed by atoms with van der Waals surface area (Å²) >= 11 is 0. The van der Waals surface area contributed by atoms with Crippen LogP contribution in [0, 0.1) is 6.92 Å². The standard InChI is InChI=1S/C25H27N9O2/c1-14-18(9-28-11-20(14)26)21-6-15-7-22(29-10-19(15)25(27)30-21)31-23-8-16-2-4-33(17-3-5-36-13-17)24(35)12-34(16)32-23/h6-11,17H,2-5,12-13,26H2,1H3,(H2,27,30)(H,29,31,32)/t17-/m1/s1. The summed E-state index contributed by atoms with van der Waals surface area (Å²) < 4.78 is 7.25. The number of nitrogens with one attached hydrogen (secondary N) is 1. The van der Waals surface area contributed by atoms with Crippen LogP contribution in [0.15, 0.2) is 36.8 Å².